The van der Waals surface area contributed by atoms with E-state index in [-0.39, 0.29) is 11.3 Å². The predicted octanol–water partition coefficient (Wildman–Crippen LogP) is 3.10. The third-order valence-corrected chi connectivity index (χ3v) is 4.31. The molecule has 0 bridgehead atoms. The Bertz CT molecular complexity index is 808. The molecular weight excluding hydrogens is 373 g/mol. The van der Waals surface area contributed by atoms with Gasteiger partial charge in [-0.15, -0.1) is 0 Å². The average Bonchev–Trinajstić information content (AvgIpc) is 2.69. The third-order valence-electron chi connectivity index (χ3n) is 4.31. The van der Waals surface area contributed by atoms with Gasteiger partial charge in [0.1, 0.15) is 0 Å². The molecule has 6 nitrogen and oxygen atoms in total. The van der Waals surface area contributed by atoms with E-state index in [0.29, 0.717) is 12.2 Å². The third kappa shape index (κ3) is 5.67. The zero-order chi connectivity index (χ0) is 20.0. The van der Waals surface area contributed by atoms with Crippen LogP contribution >= 0.6 is 0 Å². The number of morpholine rings is 1. The topological polar surface area (TPSA) is 66.5 Å². The van der Waals surface area contributed by atoms with Crippen molar-refractivity contribution < 1.29 is 22.7 Å². The molecule has 1 amide bonds. The number of hydrogen-bond donors (Lipinski definition) is 2. The van der Waals surface area contributed by atoms with Crippen LogP contribution in [0.2, 0.25) is 0 Å². The van der Waals surface area contributed by atoms with Crippen LogP contribution in [0.3, 0.4) is 0 Å². The first-order valence-electron chi connectivity index (χ1n) is 8.89. The van der Waals surface area contributed by atoms with Gasteiger partial charge in [-0.05, 0) is 24.3 Å². The molecular formula is C19H21F3N4O2. The summed E-state index contributed by atoms with van der Waals surface area (Å²) >= 11 is 0. The normalized spacial score (nSPS) is 15.2. The van der Waals surface area contributed by atoms with Crippen LogP contribution in [0.5, 0.6) is 0 Å². The van der Waals surface area contributed by atoms with Crippen LogP contribution < -0.4 is 10.6 Å². The van der Waals surface area contributed by atoms with E-state index in [0.717, 1.165) is 45.0 Å². The Balaban J connectivity index is 1.57. The Hall–Kier alpha value is -2.65. The van der Waals surface area contributed by atoms with Crippen LogP contribution in [0.4, 0.5) is 24.5 Å². The SMILES string of the molecule is O=C(Nc1cccc(C(F)(F)F)c1)c1cncc(NCCN2CCOCC2)c1. The van der Waals surface area contributed by atoms with Gasteiger partial charge in [0.15, 0.2) is 0 Å². The summed E-state index contributed by atoms with van der Waals surface area (Å²) in [5.74, 6) is -0.524. The summed E-state index contributed by atoms with van der Waals surface area (Å²) in [6.45, 7) is 4.75. The molecule has 1 fully saturated rings. The van der Waals surface area contributed by atoms with Gasteiger partial charge in [-0.3, -0.25) is 14.7 Å². The first kappa shape index (κ1) is 20.1. The second kappa shape index (κ2) is 9.03. The fraction of sp³-hybridized carbons (Fsp3) is 0.368. The second-order valence-corrected chi connectivity index (χ2v) is 6.38. The number of pyridine rings is 1. The molecule has 0 spiro atoms. The predicted molar refractivity (Wildman–Crippen MR) is 99.4 cm³/mol. The molecule has 0 unspecified atom stereocenters. The minimum Gasteiger partial charge on any atom is -0.382 e. The minimum absolute atomic E-state index is 0.0745. The number of alkyl halides is 3. The van der Waals surface area contributed by atoms with E-state index in [1.54, 1.807) is 12.3 Å². The maximum atomic E-state index is 12.8. The zero-order valence-electron chi connectivity index (χ0n) is 15.1. The van der Waals surface area contributed by atoms with E-state index in [2.05, 4.69) is 20.5 Å². The van der Waals surface area contributed by atoms with Gasteiger partial charge in [-0.25, -0.2) is 0 Å². The lowest BCUT2D eigenvalue weighted by atomic mass is 10.2. The maximum absolute atomic E-state index is 12.8. The van der Waals surface area contributed by atoms with Crippen LogP contribution in [0.25, 0.3) is 0 Å². The molecule has 0 saturated carbocycles. The summed E-state index contributed by atoms with van der Waals surface area (Å²) < 4.78 is 43.7. The monoisotopic (exact) mass is 394 g/mol. The molecule has 2 N–H and O–H groups in total. The number of benzene rings is 1. The van der Waals surface area contributed by atoms with Crippen molar-refractivity contribution in [3.63, 3.8) is 0 Å². The van der Waals surface area contributed by atoms with Gasteiger partial charge < -0.3 is 15.4 Å². The van der Waals surface area contributed by atoms with Crippen molar-refractivity contribution in [3.8, 4) is 0 Å². The van der Waals surface area contributed by atoms with E-state index in [4.69, 9.17) is 4.74 Å². The Morgan fingerprint density at radius 3 is 2.68 bits per heavy atom. The molecule has 150 valence electrons. The fourth-order valence-electron chi connectivity index (χ4n) is 2.82. The molecule has 3 rings (SSSR count). The van der Waals surface area contributed by atoms with Crippen LogP contribution in [-0.2, 0) is 10.9 Å². The average molecular weight is 394 g/mol. The number of rotatable bonds is 6. The van der Waals surface area contributed by atoms with Gasteiger partial charge in [0.25, 0.3) is 5.91 Å². The number of amides is 1. The smallest absolute Gasteiger partial charge is 0.382 e. The van der Waals surface area contributed by atoms with Crippen molar-refractivity contribution in [3.05, 3.63) is 53.9 Å². The Labute approximate surface area is 160 Å². The largest absolute Gasteiger partial charge is 0.416 e. The van der Waals surface area contributed by atoms with Gasteiger partial charge in [0.2, 0.25) is 0 Å². The van der Waals surface area contributed by atoms with Gasteiger partial charge >= 0.3 is 6.18 Å². The van der Waals surface area contributed by atoms with Gasteiger partial charge in [-0.1, -0.05) is 6.07 Å². The van der Waals surface area contributed by atoms with E-state index in [1.165, 1.54) is 18.3 Å². The van der Waals surface area contributed by atoms with Crippen molar-refractivity contribution in [1.82, 2.24) is 9.88 Å². The number of halogens is 3. The lowest BCUT2D eigenvalue weighted by molar-refractivity contribution is -0.137. The number of anilines is 2. The number of carbonyl (C=O) groups excluding carboxylic acids is 1. The summed E-state index contributed by atoms with van der Waals surface area (Å²) in [7, 11) is 0. The molecule has 1 aliphatic heterocycles. The van der Waals surface area contributed by atoms with Crippen LogP contribution in [0, 0.1) is 0 Å². The summed E-state index contributed by atoms with van der Waals surface area (Å²) in [5, 5.41) is 5.68. The van der Waals surface area contributed by atoms with Crippen molar-refractivity contribution >= 4 is 17.3 Å². The molecule has 28 heavy (non-hydrogen) atoms. The van der Waals surface area contributed by atoms with Gasteiger partial charge in [0, 0.05) is 44.3 Å². The molecule has 1 aromatic heterocycles. The molecule has 2 heterocycles. The van der Waals surface area contributed by atoms with Crippen molar-refractivity contribution in [2.75, 3.05) is 50.0 Å². The minimum atomic E-state index is -4.47. The van der Waals surface area contributed by atoms with Crippen LogP contribution in [0.15, 0.2) is 42.7 Å². The summed E-state index contributed by atoms with van der Waals surface area (Å²) in [6, 6.07) is 6.13. The highest BCUT2D eigenvalue weighted by Crippen LogP contribution is 2.30. The van der Waals surface area contributed by atoms with E-state index < -0.39 is 17.6 Å². The maximum Gasteiger partial charge on any atom is 0.416 e. The van der Waals surface area contributed by atoms with Crippen molar-refractivity contribution in [2.24, 2.45) is 0 Å². The highest BCUT2D eigenvalue weighted by atomic mass is 19.4. The van der Waals surface area contributed by atoms with Crippen LogP contribution in [-0.4, -0.2) is 55.2 Å². The molecule has 1 saturated heterocycles. The summed E-state index contributed by atoms with van der Waals surface area (Å²) in [5.41, 5.74) is 0.186. The highest BCUT2D eigenvalue weighted by molar-refractivity contribution is 6.04. The molecule has 1 aromatic carbocycles. The fourth-order valence-corrected chi connectivity index (χ4v) is 2.82. The molecule has 2 aromatic rings. The first-order chi connectivity index (χ1) is 13.4. The number of carbonyl (C=O) groups is 1. The molecule has 0 atom stereocenters. The second-order valence-electron chi connectivity index (χ2n) is 6.38. The Morgan fingerprint density at radius 1 is 1.14 bits per heavy atom. The number of hydrogen-bond acceptors (Lipinski definition) is 5. The van der Waals surface area contributed by atoms with E-state index in [9.17, 15) is 18.0 Å². The highest BCUT2D eigenvalue weighted by Gasteiger charge is 2.30. The summed E-state index contributed by atoms with van der Waals surface area (Å²) in [4.78, 5) is 18.7. The number of nitrogens with zero attached hydrogens (tertiary/aromatic N) is 2. The summed E-state index contributed by atoms with van der Waals surface area (Å²) in [6.07, 6.45) is -1.50. The standard InChI is InChI=1S/C19H21F3N4O2/c20-19(21,22)15-2-1-3-16(11-15)25-18(27)14-10-17(13-23-12-14)24-4-5-26-6-8-28-9-7-26/h1-3,10-13,24H,4-9H2,(H,25,27). The molecule has 0 radical (unpaired) electrons. The van der Waals surface area contributed by atoms with E-state index in [1.807, 2.05) is 0 Å². The number of ether oxygens (including phenoxy) is 1. The lowest BCUT2D eigenvalue weighted by Gasteiger charge is -2.26. The van der Waals surface area contributed by atoms with Crippen molar-refractivity contribution in [2.45, 2.75) is 6.18 Å². The molecule has 9 heteroatoms. The molecule has 0 aliphatic carbocycles. The first-order valence-corrected chi connectivity index (χ1v) is 8.89. The molecule has 1 aliphatic rings. The lowest BCUT2D eigenvalue weighted by Crippen LogP contribution is -2.39. The Morgan fingerprint density at radius 2 is 1.93 bits per heavy atom. The van der Waals surface area contributed by atoms with Crippen molar-refractivity contribution in [1.29, 1.82) is 0 Å². The van der Waals surface area contributed by atoms with E-state index >= 15 is 0 Å². The van der Waals surface area contributed by atoms with Crippen LogP contribution in [0.1, 0.15) is 15.9 Å². The zero-order valence-corrected chi connectivity index (χ0v) is 15.1. The Kier molecular flexibility index (Phi) is 6.48. The van der Waals surface area contributed by atoms with Gasteiger partial charge in [0.05, 0.1) is 30.0 Å². The number of aromatic nitrogens is 1. The quantitative estimate of drug-likeness (QED) is 0.788. The van der Waals surface area contributed by atoms with Gasteiger partial charge in [-0.2, -0.15) is 13.2 Å². The number of nitrogens with one attached hydrogen (secondary N) is 2.